The van der Waals surface area contributed by atoms with Gasteiger partial charge in [0.2, 0.25) is 11.1 Å². The number of carbonyl (C=O) groups excluding carboxylic acids is 1. The number of nitrogen functional groups attached to an aromatic ring is 1. The predicted octanol–water partition coefficient (Wildman–Crippen LogP) is 4.93. The van der Waals surface area contributed by atoms with Crippen LogP contribution in [0.4, 0.5) is 5.13 Å². The van der Waals surface area contributed by atoms with Crippen LogP contribution in [-0.4, -0.2) is 31.5 Å². The van der Waals surface area contributed by atoms with E-state index < -0.39 is 0 Å². The summed E-state index contributed by atoms with van der Waals surface area (Å²) >= 11 is 12.2. The Kier molecular flexibility index (Phi) is 6.38. The number of nitrogens with zero attached hydrogens (tertiary/aromatic N) is 4. The summed E-state index contributed by atoms with van der Waals surface area (Å²) in [5.74, 6) is 6.43. The van der Waals surface area contributed by atoms with Crippen LogP contribution in [0.5, 0.6) is 0 Å². The van der Waals surface area contributed by atoms with Crippen molar-refractivity contribution < 1.29 is 4.79 Å². The number of rotatable bonds is 6. The summed E-state index contributed by atoms with van der Waals surface area (Å²) in [7, 11) is 0. The van der Waals surface area contributed by atoms with Crippen LogP contribution in [0.1, 0.15) is 0 Å². The zero-order chi connectivity index (χ0) is 21.1. The normalized spacial score (nSPS) is 10.9. The number of thioether (sulfide) groups is 1. The zero-order valence-electron chi connectivity index (χ0n) is 15.3. The molecule has 3 N–H and O–H groups in total. The Morgan fingerprint density at radius 2 is 1.97 bits per heavy atom. The van der Waals surface area contributed by atoms with E-state index in [1.807, 2.05) is 47.8 Å². The maximum Gasteiger partial charge on any atom is 0.236 e. The smallest absolute Gasteiger partial charge is 0.236 e. The molecule has 1 amide bonds. The molecule has 0 saturated carbocycles. The zero-order valence-corrected chi connectivity index (χ0v) is 19.2. The number of nitrogens with one attached hydrogen (secondary N) is 1. The molecule has 152 valence electrons. The minimum absolute atomic E-state index is 0.116. The third kappa shape index (κ3) is 4.67. The second kappa shape index (κ2) is 9.17. The van der Waals surface area contributed by atoms with Gasteiger partial charge in [-0.15, -0.1) is 21.5 Å². The van der Waals surface area contributed by atoms with Gasteiger partial charge in [0.05, 0.1) is 16.5 Å². The van der Waals surface area contributed by atoms with Crippen molar-refractivity contribution in [2.45, 2.75) is 5.16 Å². The molecule has 2 aromatic carbocycles. The van der Waals surface area contributed by atoms with Crippen molar-refractivity contribution in [2.24, 2.45) is 0 Å². The largest absolute Gasteiger partial charge is 0.335 e. The molecule has 4 aromatic rings. The Balaban J connectivity index is 1.38. The first-order chi connectivity index (χ1) is 14.5. The van der Waals surface area contributed by atoms with Crippen molar-refractivity contribution in [1.29, 1.82) is 0 Å². The van der Waals surface area contributed by atoms with Crippen molar-refractivity contribution in [2.75, 3.05) is 16.9 Å². The van der Waals surface area contributed by atoms with Gasteiger partial charge in [-0.1, -0.05) is 63.6 Å². The van der Waals surface area contributed by atoms with E-state index in [1.165, 1.54) is 27.8 Å². The van der Waals surface area contributed by atoms with E-state index in [1.54, 1.807) is 6.07 Å². The molecule has 2 aromatic heterocycles. The molecule has 0 bridgehead atoms. The van der Waals surface area contributed by atoms with Crippen LogP contribution in [0.3, 0.4) is 0 Å². The van der Waals surface area contributed by atoms with Crippen molar-refractivity contribution >= 4 is 61.7 Å². The van der Waals surface area contributed by atoms with Crippen LogP contribution in [0.25, 0.3) is 22.6 Å². The van der Waals surface area contributed by atoms with Gasteiger partial charge >= 0.3 is 0 Å². The highest BCUT2D eigenvalue weighted by molar-refractivity contribution is 9.10. The summed E-state index contributed by atoms with van der Waals surface area (Å²) in [5.41, 5.74) is 2.46. The number of benzene rings is 2. The van der Waals surface area contributed by atoms with Crippen molar-refractivity contribution in [3.8, 4) is 22.6 Å². The second-order valence-electron chi connectivity index (χ2n) is 6.04. The minimum Gasteiger partial charge on any atom is -0.335 e. The molecule has 0 aliphatic heterocycles. The summed E-state index contributed by atoms with van der Waals surface area (Å²) in [5, 5.41) is 14.3. The van der Waals surface area contributed by atoms with E-state index >= 15 is 0 Å². The fourth-order valence-corrected chi connectivity index (χ4v) is 4.45. The fourth-order valence-electron chi connectivity index (χ4n) is 2.57. The van der Waals surface area contributed by atoms with Crippen molar-refractivity contribution in [1.82, 2.24) is 19.9 Å². The van der Waals surface area contributed by atoms with E-state index in [0.717, 1.165) is 15.7 Å². The number of amides is 1. The third-order valence-electron chi connectivity index (χ3n) is 4.00. The first kappa shape index (κ1) is 20.9. The molecule has 11 heteroatoms. The topological polar surface area (TPSA) is 98.7 Å². The number of aromatic nitrogens is 4. The van der Waals surface area contributed by atoms with Gasteiger partial charge in [-0.3, -0.25) is 4.79 Å². The quantitative estimate of drug-likeness (QED) is 0.276. The molecule has 0 fully saturated rings. The third-order valence-corrected chi connectivity index (χ3v) is 6.56. The molecule has 0 saturated heterocycles. The highest BCUT2D eigenvalue weighted by atomic mass is 79.9. The number of nitrogens with two attached hydrogens (primary N) is 1. The molecule has 0 atom stereocenters. The molecule has 30 heavy (non-hydrogen) atoms. The SMILES string of the molecule is Nn1c(SCC(=O)Nc2nc(-c3ccc(Br)cc3)cs2)nnc1-c1ccccc1Cl. The van der Waals surface area contributed by atoms with Gasteiger partial charge in [0.1, 0.15) is 0 Å². The van der Waals surface area contributed by atoms with E-state index in [4.69, 9.17) is 17.4 Å². The van der Waals surface area contributed by atoms with Gasteiger partial charge < -0.3 is 11.2 Å². The molecular formula is C19H14BrClN6OS2. The maximum atomic E-state index is 12.3. The van der Waals surface area contributed by atoms with Crippen LogP contribution >= 0.6 is 50.6 Å². The molecule has 0 aliphatic rings. The van der Waals surface area contributed by atoms with Crippen molar-refractivity contribution in [3.05, 3.63) is 63.4 Å². The fraction of sp³-hybridized carbons (Fsp3) is 0.0526. The van der Waals surface area contributed by atoms with Gasteiger partial charge in [0, 0.05) is 21.0 Å². The Bertz CT molecular complexity index is 1190. The van der Waals surface area contributed by atoms with Crippen LogP contribution in [0.15, 0.2) is 63.5 Å². The number of anilines is 1. The number of halogens is 2. The van der Waals surface area contributed by atoms with E-state index in [-0.39, 0.29) is 11.7 Å². The van der Waals surface area contributed by atoms with Crippen LogP contribution in [0, 0.1) is 0 Å². The molecule has 0 unspecified atom stereocenters. The predicted molar refractivity (Wildman–Crippen MR) is 125 cm³/mol. The summed E-state index contributed by atoms with van der Waals surface area (Å²) in [6.07, 6.45) is 0. The molecular weight excluding hydrogens is 508 g/mol. The van der Waals surface area contributed by atoms with Crippen LogP contribution < -0.4 is 11.2 Å². The average molecular weight is 522 g/mol. The molecule has 7 nitrogen and oxygen atoms in total. The second-order valence-corrected chi connectivity index (χ2v) is 9.16. The van der Waals surface area contributed by atoms with Crippen LogP contribution in [0.2, 0.25) is 5.02 Å². The molecule has 0 radical (unpaired) electrons. The highest BCUT2D eigenvalue weighted by Crippen LogP contribution is 2.28. The van der Waals surface area contributed by atoms with Gasteiger partial charge in [-0.25, -0.2) is 9.66 Å². The molecule has 4 rings (SSSR count). The Morgan fingerprint density at radius 3 is 2.73 bits per heavy atom. The monoisotopic (exact) mass is 520 g/mol. The van der Waals surface area contributed by atoms with E-state index in [2.05, 4.69) is 36.4 Å². The number of carbonyl (C=O) groups is 1. The highest BCUT2D eigenvalue weighted by Gasteiger charge is 2.16. The summed E-state index contributed by atoms with van der Waals surface area (Å²) in [4.78, 5) is 16.8. The summed E-state index contributed by atoms with van der Waals surface area (Å²) in [6.45, 7) is 0. The van der Waals surface area contributed by atoms with E-state index in [0.29, 0.717) is 26.7 Å². The standard InChI is InChI=1S/C19H14BrClN6OS2/c20-12-7-5-11(6-8-12)15-9-29-18(23-15)24-16(28)10-30-19-26-25-17(27(19)22)13-3-1-2-4-14(13)21/h1-9H,10,22H2,(H,23,24,28). The van der Waals surface area contributed by atoms with Crippen molar-refractivity contribution in [3.63, 3.8) is 0 Å². The molecule has 0 spiro atoms. The molecule has 2 heterocycles. The maximum absolute atomic E-state index is 12.3. The van der Waals surface area contributed by atoms with Gasteiger partial charge in [-0.2, -0.15) is 0 Å². The number of thiazole rings is 1. The molecule has 0 aliphatic carbocycles. The lowest BCUT2D eigenvalue weighted by atomic mass is 10.2. The average Bonchev–Trinajstić information content (AvgIpc) is 3.34. The summed E-state index contributed by atoms with van der Waals surface area (Å²) < 4.78 is 2.33. The van der Waals surface area contributed by atoms with Gasteiger partial charge in [0.25, 0.3) is 0 Å². The van der Waals surface area contributed by atoms with Gasteiger partial charge in [0.15, 0.2) is 11.0 Å². The first-order valence-electron chi connectivity index (χ1n) is 8.61. The Morgan fingerprint density at radius 1 is 1.20 bits per heavy atom. The minimum atomic E-state index is -0.209. The lowest BCUT2D eigenvalue weighted by Crippen LogP contribution is -2.16. The Labute approximate surface area is 193 Å². The summed E-state index contributed by atoms with van der Waals surface area (Å²) in [6, 6.07) is 15.0. The number of hydrogen-bond donors (Lipinski definition) is 2. The Hall–Kier alpha value is -2.40. The number of hydrogen-bond acceptors (Lipinski definition) is 7. The first-order valence-corrected chi connectivity index (χ1v) is 11.6. The van der Waals surface area contributed by atoms with Crippen LogP contribution in [-0.2, 0) is 4.79 Å². The lowest BCUT2D eigenvalue weighted by Gasteiger charge is -2.05. The van der Waals surface area contributed by atoms with E-state index in [9.17, 15) is 4.79 Å². The lowest BCUT2D eigenvalue weighted by molar-refractivity contribution is -0.113. The van der Waals surface area contributed by atoms with Gasteiger partial charge in [-0.05, 0) is 24.3 Å².